The highest BCUT2D eigenvalue weighted by molar-refractivity contribution is 5.88. The third kappa shape index (κ3) is 5.08. The zero-order chi connectivity index (χ0) is 21.2. The van der Waals surface area contributed by atoms with Crippen molar-refractivity contribution in [3.05, 3.63) is 0 Å². The monoisotopic (exact) mass is 400 g/mol. The van der Waals surface area contributed by atoms with Crippen LogP contribution in [0.4, 0.5) is 0 Å². The largest absolute Gasteiger partial charge is 0.337 e. The minimum atomic E-state index is -0.0139. The highest BCUT2D eigenvalue weighted by Gasteiger charge is 2.59. The van der Waals surface area contributed by atoms with Crippen molar-refractivity contribution in [1.82, 2.24) is 0 Å². The molecule has 0 spiro atoms. The summed E-state index contributed by atoms with van der Waals surface area (Å²) >= 11 is 0. The molecule has 0 heterocycles. The van der Waals surface area contributed by atoms with Crippen molar-refractivity contribution in [3.8, 4) is 0 Å². The molecule has 0 aromatic heterocycles. The standard InChI is InChI=1S/3C7H13NO.CH4/c3*1-5-4-7(5,8-3)6(2)9;/h3*5,8H,4H2,1-3H3;1H4/p+3/t2*5?,7-;;/m10../s1. The number of nitrogens with two attached hydrogens (primary N) is 3. The molecular weight excluding hydrogens is 354 g/mol. The fourth-order valence-electron chi connectivity index (χ4n) is 4.63. The van der Waals surface area contributed by atoms with Crippen molar-refractivity contribution in [2.75, 3.05) is 21.1 Å². The van der Waals surface area contributed by atoms with E-state index in [-0.39, 0.29) is 24.0 Å². The summed E-state index contributed by atoms with van der Waals surface area (Å²) < 4.78 is 0. The Morgan fingerprint density at radius 3 is 0.750 bits per heavy atom. The average molecular weight is 401 g/mol. The molecule has 0 bridgehead atoms. The highest BCUT2D eigenvalue weighted by atomic mass is 16.1. The Balaban J connectivity index is 0.000000384. The van der Waals surface area contributed by atoms with Crippen molar-refractivity contribution in [2.24, 2.45) is 17.8 Å². The lowest BCUT2D eigenvalue weighted by atomic mass is 10.1. The molecule has 4 unspecified atom stereocenters. The van der Waals surface area contributed by atoms with E-state index >= 15 is 0 Å². The number of ketones is 3. The van der Waals surface area contributed by atoms with Crippen LogP contribution in [0, 0.1) is 17.8 Å². The molecule has 0 saturated heterocycles. The molecule has 6 N–H and O–H groups in total. The molecule has 0 aromatic rings. The molecule has 0 radical (unpaired) electrons. The second kappa shape index (κ2) is 9.59. The summed E-state index contributed by atoms with van der Waals surface area (Å²) in [5, 5.41) is 6.12. The molecule has 28 heavy (non-hydrogen) atoms. The van der Waals surface area contributed by atoms with Crippen LogP contribution in [0.2, 0.25) is 0 Å². The van der Waals surface area contributed by atoms with E-state index < -0.39 is 0 Å². The van der Waals surface area contributed by atoms with Crippen molar-refractivity contribution >= 4 is 17.3 Å². The number of hydrogen-bond donors (Lipinski definition) is 3. The van der Waals surface area contributed by atoms with Gasteiger partial charge in [0.05, 0.1) is 21.1 Å². The SMILES string of the molecule is C.C[NH2+]C1(C(C)=O)CC1C.C[NH2+][C@@]1(C(C)=O)CC1C.C[NH2+][C@]1(C(C)=O)CC1C. The minimum Gasteiger partial charge on any atom is -0.337 e. The summed E-state index contributed by atoms with van der Waals surface area (Å²) in [6.45, 7) is 11.4. The first-order chi connectivity index (χ1) is 12.4. The van der Waals surface area contributed by atoms with Gasteiger partial charge < -0.3 is 16.0 Å². The number of carbonyl (C=O) groups is 3. The smallest absolute Gasteiger partial charge is 0.190 e. The number of rotatable bonds is 6. The zero-order valence-electron chi connectivity index (χ0n) is 18.8. The molecule has 3 aliphatic carbocycles. The van der Waals surface area contributed by atoms with Crippen LogP contribution in [0.1, 0.15) is 68.2 Å². The molecule has 3 fully saturated rings. The van der Waals surface area contributed by atoms with E-state index in [0.717, 1.165) is 19.3 Å². The lowest BCUT2D eigenvalue weighted by Gasteiger charge is -2.05. The van der Waals surface area contributed by atoms with Gasteiger partial charge in [-0.15, -0.1) is 0 Å². The third-order valence-electron chi connectivity index (χ3n) is 7.60. The third-order valence-corrected chi connectivity index (χ3v) is 7.60. The van der Waals surface area contributed by atoms with Gasteiger partial charge in [0.2, 0.25) is 0 Å². The number of Topliss-reactive ketones (excluding diaryl/α,β-unsaturated/α-hetero) is 3. The second-order valence-electron chi connectivity index (χ2n) is 8.97. The molecule has 3 rings (SSSR count). The molecule has 6 heteroatoms. The van der Waals surface area contributed by atoms with Crippen LogP contribution < -0.4 is 16.0 Å². The van der Waals surface area contributed by atoms with Crippen LogP contribution in [0.5, 0.6) is 0 Å². The molecule has 6 nitrogen and oxygen atoms in total. The fourth-order valence-corrected chi connectivity index (χ4v) is 4.63. The second-order valence-corrected chi connectivity index (χ2v) is 8.97. The van der Waals surface area contributed by atoms with Gasteiger partial charge in [-0.1, -0.05) is 28.2 Å². The van der Waals surface area contributed by atoms with E-state index in [1.54, 1.807) is 20.8 Å². The first kappa shape index (κ1) is 26.9. The maximum absolute atomic E-state index is 10.9. The van der Waals surface area contributed by atoms with Crippen molar-refractivity contribution in [3.63, 3.8) is 0 Å². The van der Waals surface area contributed by atoms with Gasteiger partial charge in [-0.25, -0.2) is 0 Å². The van der Waals surface area contributed by atoms with Gasteiger partial charge in [-0.2, -0.15) is 0 Å². The van der Waals surface area contributed by atoms with Crippen LogP contribution >= 0.6 is 0 Å². The summed E-state index contributed by atoms with van der Waals surface area (Å²) in [6, 6.07) is 0. The molecule has 0 aliphatic heterocycles. The van der Waals surface area contributed by atoms with Gasteiger partial charge in [-0.05, 0) is 0 Å². The van der Waals surface area contributed by atoms with Crippen LogP contribution in [-0.2, 0) is 14.4 Å². The normalized spacial score (nSPS) is 39.1. The maximum atomic E-state index is 10.9. The minimum absolute atomic E-state index is 0. The summed E-state index contributed by atoms with van der Waals surface area (Å²) in [4.78, 5) is 32.8. The number of quaternary nitrogens is 3. The first-order valence-corrected chi connectivity index (χ1v) is 10.3. The summed E-state index contributed by atoms with van der Waals surface area (Å²) in [5.74, 6) is 2.78. The Hall–Kier alpha value is -1.11. The van der Waals surface area contributed by atoms with E-state index in [4.69, 9.17) is 0 Å². The van der Waals surface area contributed by atoms with Crippen molar-refractivity contribution in [1.29, 1.82) is 0 Å². The molecule has 3 saturated carbocycles. The van der Waals surface area contributed by atoms with Crippen LogP contribution in [-0.4, -0.2) is 55.1 Å². The Bertz CT molecular complexity index is 501. The zero-order valence-corrected chi connectivity index (χ0v) is 18.8. The van der Waals surface area contributed by atoms with Crippen LogP contribution in [0.15, 0.2) is 0 Å². The van der Waals surface area contributed by atoms with E-state index in [1.165, 1.54) is 0 Å². The molecule has 3 aliphatic rings. The number of likely N-dealkylation sites (N-methyl/N-ethyl adjacent to an activating group) is 3. The van der Waals surface area contributed by atoms with E-state index in [1.807, 2.05) is 37.1 Å². The van der Waals surface area contributed by atoms with E-state index in [2.05, 4.69) is 20.8 Å². The Morgan fingerprint density at radius 2 is 0.750 bits per heavy atom. The van der Waals surface area contributed by atoms with Crippen LogP contribution in [0.25, 0.3) is 0 Å². The summed E-state index contributed by atoms with van der Waals surface area (Å²) in [6.07, 6.45) is 3.20. The Labute approximate surface area is 172 Å². The van der Waals surface area contributed by atoms with Gasteiger partial charge >= 0.3 is 0 Å². The highest BCUT2D eigenvalue weighted by Crippen LogP contribution is 2.40. The first-order valence-electron chi connectivity index (χ1n) is 10.3. The van der Waals surface area contributed by atoms with Crippen molar-refractivity contribution < 1.29 is 30.3 Å². The molecule has 0 amide bonds. The summed E-state index contributed by atoms with van der Waals surface area (Å²) in [5.41, 5.74) is -0.0417. The molecule has 0 aromatic carbocycles. The topological polar surface area (TPSA) is 101 Å². The van der Waals surface area contributed by atoms with Gasteiger partial charge in [0.15, 0.2) is 34.0 Å². The predicted molar refractivity (Wildman–Crippen MR) is 112 cm³/mol. The van der Waals surface area contributed by atoms with Gasteiger partial charge in [0.1, 0.15) is 0 Å². The average Bonchev–Trinajstić information content (AvgIpc) is 3.52. The fraction of sp³-hybridized carbons (Fsp3) is 0.864. The lowest BCUT2D eigenvalue weighted by molar-refractivity contribution is -0.666. The number of hydrogen-bond acceptors (Lipinski definition) is 3. The van der Waals surface area contributed by atoms with E-state index in [0.29, 0.717) is 35.1 Å². The number of carbonyl (C=O) groups excluding carboxylic acids is 3. The quantitative estimate of drug-likeness (QED) is 0.548. The Morgan fingerprint density at radius 1 is 0.607 bits per heavy atom. The van der Waals surface area contributed by atoms with Gasteiger partial charge in [0, 0.05) is 57.8 Å². The van der Waals surface area contributed by atoms with Gasteiger partial charge in [-0.3, -0.25) is 14.4 Å². The maximum Gasteiger partial charge on any atom is 0.190 e. The van der Waals surface area contributed by atoms with Crippen LogP contribution in [0.3, 0.4) is 0 Å². The molecule has 6 atom stereocenters. The van der Waals surface area contributed by atoms with Crippen molar-refractivity contribution in [2.45, 2.75) is 84.8 Å². The van der Waals surface area contributed by atoms with Gasteiger partial charge in [0.25, 0.3) is 0 Å². The predicted octanol–water partition coefficient (Wildman–Crippen LogP) is -0.722. The summed E-state index contributed by atoms with van der Waals surface area (Å²) in [7, 11) is 5.93. The lowest BCUT2D eigenvalue weighted by Crippen LogP contribution is -2.91. The Kier molecular flexibility index (Phi) is 9.21. The molecule has 164 valence electrons. The van der Waals surface area contributed by atoms with E-state index in [9.17, 15) is 14.4 Å². The molecular formula is C22H46N3O3+3.